The van der Waals surface area contributed by atoms with Crippen molar-refractivity contribution in [2.45, 2.75) is 13.0 Å². The first-order valence-electron chi connectivity index (χ1n) is 9.65. The van der Waals surface area contributed by atoms with Gasteiger partial charge < -0.3 is 13.9 Å². The number of aryl methyl sites for hydroxylation is 1. The molecule has 0 bridgehead atoms. The van der Waals surface area contributed by atoms with E-state index in [9.17, 15) is 14.7 Å². The van der Waals surface area contributed by atoms with Gasteiger partial charge in [-0.3, -0.25) is 14.5 Å². The number of fused-ring (bicyclic) bond motifs is 1. The summed E-state index contributed by atoms with van der Waals surface area (Å²) in [6.45, 7) is 1.84. The topological polar surface area (TPSA) is 83.9 Å². The zero-order valence-electron chi connectivity index (χ0n) is 16.6. The maximum Gasteiger partial charge on any atom is 0.294 e. The molecule has 0 spiro atoms. The summed E-state index contributed by atoms with van der Waals surface area (Å²) < 4.78 is 12.1. The van der Waals surface area contributed by atoms with Gasteiger partial charge in [-0.05, 0) is 61.0 Å². The van der Waals surface area contributed by atoms with Crippen LogP contribution in [0.4, 0.5) is 5.69 Å². The molecule has 2 aromatic carbocycles. The highest BCUT2D eigenvalue weighted by Crippen LogP contribution is 2.43. The lowest BCUT2D eigenvalue weighted by Gasteiger charge is -2.25. The molecule has 1 aliphatic rings. The first-order chi connectivity index (χ1) is 15.3. The van der Waals surface area contributed by atoms with Gasteiger partial charge in [0.1, 0.15) is 17.4 Å². The number of carbonyl (C=O) groups excluding carboxylic acids is 2. The number of Topliss-reactive ketones (excluding diaryl/α,β-unsaturated/α-hetero) is 1. The van der Waals surface area contributed by atoms with Crippen LogP contribution in [0.3, 0.4) is 0 Å². The molecule has 0 fully saturated rings. The highest BCUT2D eigenvalue weighted by atomic mass is 79.9. The van der Waals surface area contributed by atoms with Crippen molar-refractivity contribution in [2.24, 2.45) is 0 Å². The molecule has 0 saturated heterocycles. The number of carbonyl (C=O) groups is 2. The number of furan rings is 2. The predicted molar refractivity (Wildman–Crippen MR) is 123 cm³/mol. The van der Waals surface area contributed by atoms with Gasteiger partial charge in [0.15, 0.2) is 11.5 Å². The van der Waals surface area contributed by atoms with Gasteiger partial charge in [0, 0.05) is 20.6 Å². The van der Waals surface area contributed by atoms with E-state index in [1.165, 1.54) is 11.2 Å². The van der Waals surface area contributed by atoms with Crippen LogP contribution in [-0.4, -0.2) is 16.8 Å². The summed E-state index contributed by atoms with van der Waals surface area (Å²) in [5.41, 5.74) is 1.64. The normalized spacial score (nSPS) is 16.4. The molecule has 4 aromatic rings. The van der Waals surface area contributed by atoms with E-state index >= 15 is 0 Å². The molecule has 32 heavy (non-hydrogen) atoms. The molecule has 1 unspecified atom stereocenters. The Hall–Kier alpha value is -3.29. The quantitative estimate of drug-likeness (QED) is 0.314. The standard InChI is InChI=1S/C24H15BrClNO5/c1-12-4-6-15(11-16(12)26)27-21(18-3-2-8-31-18)20(23(29)24(27)30)22(28)19-10-13-9-14(25)5-7-17(13)32-19/h2-11,21,29H,1H3. The van der Waals surface area contributed by atoms with E-state index in [1.54, 1.807) is 48.5 Å². The van der Waals surface area contributed by atoms with Crippen LogP contribution in [0.15, 0.2) is 85.5 Å². The van der Waals surface area contributed by atoms with Crippen LogP contribution in [0.1, 0.15) is 27.9 Å². The second-order valence-corrected chi connectivity index (χ2v) is 8.73. The zero-order chi connectivity index (χ0) is 22.6. The van der Waals surface area contributed by atoms with E-state index in [1.807, 2.05) is 13.0 Å². The summed E-state index contributed by atoms with van der Waals surface area (Å²) in [7, 11) is 0. The molecule has 1 N–H and O–H groups in total. The van der Waals surface area contributed by atoms with Crippen LogP contribution in [-0.2, 0) is 4.79 Å². The van der Waals surface area contributed by atoms with E-state index in [0.29, 0.717) is 27.4 Å². The minimum Gasteiger partial charge on any atom is -0.503 e. The fourth-order valence-corrected chi connectivity index (χ4v) is 4.36. The molecule has 1 aliphatic heterocycles. The van der Waals surface area contributed by atoms with Gasteiger partial charge in [0.25, 0.3) is 5.91 Å². The molecule has 6 nitrogen and oxygen atoms in total. The van der Waals surface area contributed by atoms with Crippen molar-refractivity contribution >= 4 is 55.9 Å². The number of anilines is 1. The summed E-state index contributed by atoms with van der Waals surface area (Å²) in [6.07, 6.45) is 1.44. The molecule has 1 amide bonds. The molecule has 2 aromatic heterocycles. The van der Waals surface area contributed by atoms with E-state index < -0.39 is 23.5 Å². The number of hydrogen-bond acceptors (Lipinski definition) is 5. The lowest BCUT2D eigenvalue weighted by molar-refractivity contribution is -0.117. The van der Waals surface area contributed by atoms with Gasteiger partial charge in [-0.25, -0.2) is 0 Å². The third-order valence-electron chi connectivity index (χ3n) is 5.40. The number of hydrogen-bond donors (Lipinski definition) is 1. The summed E-state index contributed by atoms with van der Waals surface area (Å²) in [6, 6.07) is 14.3. The molecular weight excluding hydrogens is 498 g/mol. The average Bonchev–Trinajstić information content (AvgIpc) is 3.49. The van der Waals surface area contributed by atoms with Gasteiger partial charge in [-0.2, -0.15) is 0 Å². The molecule has 8 heteroatoms. The molecule has 1 atom stereocenters. The highest BCUT2D eigenvalue weighted by molar-refractivity contribution is 9.10. The summed E-state index contributed by atoms with van der Waals surface area (Å²) >= 11 is 9.67. The number of amides is 1. The van der Waals surface area contributed by atoms with Crippen LogP contribution in [0.2, 0.25) is 5.02 Å². The molecule has 0 aliphatic carbocycles. The smallest absolute Gasteiger partial charge is 0.294 e. The second kappa shape index (κ2) is 7.69. The lowest BCUT2D eigenvalue weighted by Crippen LogP contribution is -2.30. The van der Waals surface area contributed by atoms with Crippen LogP contribution in [0.25, 0.3) is 11.0 Å². The number of nitrogens with zero attached hydrogens (tertiary/aromatic N) is 1. The Morgan fingerprint density at radius 2 is 1.97 bits per heavy atom. The van der Waals surface area contributed by atoms with E-state index in [2.05, 4.69) is 15.9 Å². The van der Waals surface area contributed by atoms with Crippen LogP contribution < -0.4 is 4.90 Å². The monoisotopic (exact) mass is 511 g/mol. The Labute approximate surface area is 195 Å². The number of benzene rings is 2. The summed E-state index contributed by atoms with van der Waals surface area (Å²) in [5.74, 6) is -1.66. The Bertz CT molecular complexity index is 1420. The number of halogens is 2. The first-order valence-corrected chi connectivity index (χ1v) is 10.8. The van der Waals surface area contributed by atoms with Crippen molar-refractivity contribution < 1.29 is 23.5 Å². The van der Waals surface area contributed by atoms with Crippen molar-refractivity contribution in [3.63, 3.8) is 0 Å². The molecule has 0 saturated carbocycles. The van der Waals surface area contributed by atoms with Gasteiger partial charge in [-0.1, -0.05) is 33.6 Å². The van der Waals surface area contributed by atoms with Crippen molar-refractivity contribution in [1.29, 1.82) is 0 Å². The average molecular weight is 513 g/mol. The van der Waals surface area contributed by atoms with Gasteiger partial charge >= 0.3 is 0 Å². The number of ketones is 1. The fourth-order valence-electron chi connectivity index (χ4n) is 3.81. The third-order valence-corrected chi connectivity index (χ3v) is 6.30. The summed E-state index contributed by atoms with van der Waals surface area (Å²) in [5, 5.41) is 11.9. The van der Waals surface area contributed by atoms with E-state index in [-0.39, 0.29) is 11.3 Å². The SMILES string of the molecule is Cc1ccc(N2C(=O)C(O)=C(C(=O)c3cc4cc(Br)ccc4o3)C2c2ccco2)cc1Cl. The second-order valence-electron chi connectivity index (χ2n) is 7.41. The molecule has 0 radical (unpaired) electrons. The number of rotatable bonds is 4. The summed E-state index contributed by atoms with van der Waals surface area (Å²) in [4.78, 5) is 27.9. The molecule has 3 heterocycles. The maximum atomic E-state index is 13.5. The molecule has 5 rings (SSSR count). The molecule has 160 valence electrons. The third kappa shape index (κ3) is 3.25. The Morgan fingerprint density at radius 3 is 2.69 bits per heavy atom. The van der Waals surface area contributed by atoms with Crippen LogP contribution in [0, 0.1) is 6.92 Å². The first kappa shape index (κ1) is 20.6. The minimum atomic E-state index is -0.983. The Kier molecular flexibility index (Phi) is 4.95. The molecular formula is C24H15BrClNO5. The van der Waals surface area contributed by atoms with E-state index in [0.717, 1.165) is 10.0 Å². The van der Waals surface area contributed by atoms with Gasteiger partial charge in [0.05, 0.1) is 11.8 Å². The zero-order valence-corrected chi connectivity index (χ0v) is 19.0. The van der Waals surface area contributed by atoms with E-state index in [4.69, 9.17) is 20.4 Å². The Balaban J connectivity index is 1.64. The highest BCUT2D eigenvalue weighted by Gasteiger charge is 2.46. The lowest BCUT2D eigenvalue weighted by atomic mass is 9.99. The Morgan fingerprint density at radius 1 is 1.16 bits per heavy atom. The number of aliphatic hydroxyl groups excluding tert-OH is 1. The van der Waals surface area contributed by atoms with Crippen LogP contribution in [0.5, 0.6) is 0 Å². The minimum absolute atomic E-state index is 0.00722. The van der Waals surface area contributed by atoms with Crippen molar-refractivity contribution in [1.82, 2.24) is 0 Å². The van der Waals surface area contributed by atoms with Gasteiger partial charge in [-0.15, -0.1) is 0 Å². The van der Waals surface area contributed by atoms with Crippen molar-refractivity contribution in [3.05, 3.63) is 98.8 Å². The fraction of sp³-hybridized carbons (Fsp3) is 0.0833. The van der Waals surface area contributed by atoms with Crippen molar-refractivity contribution in [2.75, 3.05) is 4.90 Å². The predicted octanol–water partition coefficient (Wildman–Crippen LogP) is 6.53. The maximum absolute atomic E-state index is 13.5. The largest absolute Gasteiger partial charge is 0.503 e. The van der Waals surface area contributed by atoms with Crippen molar-refractivity contribution in [3.8, 4) is 0 Å². The van der Waals surface area contributed by atoms with Crippen LogP contribution >= 0.6 is 27.5 Å². The van der Waals surface area contributed by atoms with Gasteiger partial charge in [0.2, 0.25) is 5.78 Å². The number of aliphatic hydroxyl groups is 1.